The summed E-state index contributed by atoms with van der Waals surface area (Å²) < 4.78 is 13.9. The van der Waals surface area contributed by atoms with Crippen LogP contribution < -0.4 is 5.32 Å². The number of nitrogens with one attached hydrogen (secondary N) is 1. The SMILES string of the molecule is Cc1ccc(Nc2nc3c(cc2C#N)CCC3)c(F)c1. The van der Waals surface area contributed by atoms with E-state index in [1.165, 1.54) is 6.07 Å². The summed E-state index contributed by atoms with van der Waals surface area (Å²) >= 11 is 0. The van der Waals surface area contributed by atoms with Crippen LogP contribution in [0.15, 0.2) is 24.3 Å². The molecule has 0 fully saturated rings. The van der Waals surface area contributed by atoms with Crippen molar-refractivity contribution in [3.05, 3.63) is 52.5 Å². The van der Waals surface area contributed by atoms with Gasteiger partial charge < -0.3 is 5.32 Å². The van der Waals surface area contributed by atoms with Crippen LogP contribution in [0.3, 0.4) is 0 Å². The predicted molar refractivity (Wildman–Crippen MR) is 75.4 cm³/mol. The number of hydrogen-bond donors (Lipinski definition) is 1. The second-order valence-electron chi connectivity index (χ2n) is 5.06. The van der Waals surface area contributed by atoms with Gasteiger partial charge in [0, 0.05) is 5.69 Å². The third-order valence-corrected chi connectivity index (χ3v) is 3.55. The number of fused-ring (bicyclic) bond motifs is 1. The van der Waals surface area contributed by atoms with Gasteiger partial charge in [-0.2, -0.15) is 5.26 Å². The fraction of sp³-hybridized carbons (Fsp3) is 0.250. The van der Waals surface area contributed by atoms with Crippen molar-refractivity contribution < 1.29 is 4.39 Å². The zero-order valence-electron chi connectivity index (χ0n) is 11.2. The molecule has 3 rings (SSSR count). The minimum Gasteiger partial charge on any atom is -0.337 e. The number of aryl methyl sites for hydroxylation is 3. The van der Waals surface area contributed by atoms with Crippen molar-refractivity contribution in [3.8, 4) is 6.07 Å². The summed E-state index contributed by atoms with van der Waals surface area (Å²) in [6.45, 7) is 1.83. The molecule has 2 aromatic rings. The molecular weight excluding hydrogens is 253 g/mol. The third kappa shape index (κ3) is 2.23. The molecule has 1 aromatic carbocycles. The smallest absolute Gasteiger partial charge is 0.148 e. The molecule has 1 aliphatic rings. The van der Waals surface area contributed by atoms with E-state index in [9.17, 15) is 9.65 Å². The van der Waals surface area contributed by atoms with Crippen LogP contribution in [0.4, 0.5) is 15.9 Å². The van der Waals surface area contributed by atoms with Crippen LogP contribution in [0.2, 0.25) is 0 Å². The van der Waals surface area contributed by atoms with Gasteiger partial charge in [0.2, 0.25) is 0 Å². The summed E-state index contributed by atoms with van der Waals surface area (Å²) in [7, 11) is 0. The monoisotopic (exact) mass is 267 g/mol. The topological polar surface area (TPSA) is 48.7 Å². The van der Waals surface area contributed by atoms with Crippen LogP contribution in [-0.4, -0.2) is 4.98 Å². The minimum atomic E-state index is -0.337. The van der Waals surface area contributed by atoms with Crippen molar-refractivity contribution >= 4 is 11.5 Å². The van der Waals surface area contributed by atoms with E-state index in [0.29, 0.717) is 17.1 Å². The summed E-state index contributed by atoms with van der Waals surface area (Å²) in [6, 6.07) is 8.95. The molecule has 1 heterocycles. The predicted octanol–water partition coefficient (Wildman–Crippen LogP) is 3.63. The Morgan fingerprint density at radius 2 is 2.15 bits per heavy atom. The lowest BCUT2D eigenvalue weighted by molar-refractivity contribution is 0.630. The summed E-state index contributed by atoms with van der Waals surface area (Å²) in [4.78, 5) is 4.48. The highest BCUT2D eigenvalue weighted by atomic mass is 19.1. The summed E-state index contributed by atoms with van der Waals surface area (Å²) in [5, 5.41) is 12.2. The van der Waals surface area contributed by atoms with E-state index in [-0.39, 0.29) is 5.82 Å². The molecule has 0 unspecified atom stereocenters. The number of hydrogen-bond acceptors (Lipinski definition) is 3. The standard InChI is InChI=1S/C16H14FN3/c1-10-5-6-15(13(17)7-10)20-16-12(9-18)8-11-3-2-4-14(11)19-16/h5-8H,2-4H2,1H3,(H,19,20). The van der Waals surface area contributed by atoms with Gasteiger partial charge in [0.05, 0.1) is 11.3 Å². The van der Waals surface area contributed by atoms with Crippen LogP contribution in [0, 0.1) is 24.1 Å². The van der Waals surface area contributed by atoms with E-state index in [4.69, 9.17) is 0 Å². The van der Waals surface area contributed by atoms with Crippen molar-refractivity contribution in [2.24, 2.45) is 0 Å². The average Bonchev–Trinajstić information content (AvgIpc) is 2.88. The van der Waals surface area contributed by atoms with Gasteiger partial charge in [0.1, 0.15) is 17.7 Å². The Morgan fingerprint density at radius 1 is 1.30 bits per heavy atom. The Hall–Kier alpha value is -2.41. The van der Waals surface area contributed by atoms with Crippen LogP contribution in [0.25, 0.3) is 0 Å². The maximum Gasteiger partial charge on any atom is 0.148 e. The number of nitriles is 1. The number of nitrogens with zero attached hydrogens (tertiary/aromatic N) is 2. The van der Waals surface area contributed by atoms with Crippen molar-refractivity contribution in [2.45, 2.75) is 26.2 Å². The lowest BCUT2D eigenvalue weighted by Crippen LogP contribution is -2.02. The molecule has 4 heteroatoms. The summed E-state index contributed by atoms with van der Waals surface area (Å²) in [5.41, 5.74) is 3.81. The van der Waals surface area contributed by atoms with E-state index >= 15 is 0 Å². The number of aromatic nitrogens is 1. The maximum atomic E-state index is 13.9. The van der Waals surface area contributed by atoms with Gasteiger partial charge in [-0.05, 0) is 55.5 Å². The number of halogens is 1. The molecule has 0 radical (unpaired) electrons. The highest BCUT2D eigenvalue weighted by Gasteiger charge is 2.17. The zero-order valence-corrected chi connectivity index (χ0v) is 11.2. The Balaban J connectivity index is 2.00. The number of benzene rings is 1. The van der Waals surface area contributed by atoms with E-state index < -0.39 is 0 Å². The Labute approximate surface area is 117 Å². The molecule has 1 aromatic heterocycles. The highest BCUT2D eigenvalue weighted by molar-refractivity contribution is 5.64. The lowest BCUT2D eigenvalue weighted by atomic mass is 10.1. The lowest BCUT2D eigenvalue weighted by Gasteiger charge is -2.11. The normalized spacial score (nSPS) is 12.8. The van der Waals surface area contributed by atoms with E-state index in [1.807, 2.05) is 19.1 Å². The molecule has 0 saturated heterocycles. The first kappa shape index (κ1) is 12.6. The molecule has 0 amide bonds. The van der Waals surface area contributed by atoms with E-state index in [2.05, 4.69) is 16.4 Å². The molecule has 0 saturated carbocycles. The van der Waals surface area contributed by atoms with Gasteiger partial charge in [-0.3, -0.25) is 0 Å². The fourth-order valence-corrected chi connectivity index (χ4v) is 2.50. The first-order valence-electron chi connectivity index (χ1n) is 6.63. The van der Waals surface area contributed by atoms with Crippen LogP contribution in [0.5, 0.6) is 0 Å². The van der Waals surface area contributed by atoms with Gasteiger partial charge in [-0.1, -0.05) is 6.07 Å². The Bertz CT molecular complexity index is 716. The molecule has 20 heavy (non-hydrogen) atoms. The van der Waals surface area contributed by atoms with Gasteiger partial charge in [0.15, 0.2) is 0 Å². The summed E-state index contributed by atoms with van der Waals surface area (Å²) in [5.74, 6) is 0.104. The first-order valence-corrected chi connectivity index (χ1v) is 6.63. The minimum absolute atomic E-state index is 0.337. The van der Waals surface area contributed by atoms with Crippen molar-refractivity contribution in [1.82, 2.24) is 4.98 Å². The molecule has 0 aliphatic heterocycles. The molecule has 0 bridgehead atoms. The molecule has 1 aliphatic carbocycles. The van der Waals surface area contributed by atoms with Crippen molar-refractivity contribution in [1.29, 1.82) is 5.26 Å². The van der Waals surface area contributed by atoms with E-state index in [0.717, 1.165) is 36.1 Å². The van der Waals surface area contributed by atoms with Crippen molar-refractivity contribution in [2.75, 3.05) is 5.32 Å². The number of pyridine rings is 1. The van der Waals surface area contributed by atoms with Crippen LogP contribution >= 0.6 is 0 Å². The quantitative estimate of drug-likeness (QED) is 0.903. The molecule has 100 valence electrons. The Morgan fingerprint density at radius 3 is 2.90 bits per heavy atom. The second-order valence-corrected chi connectivity index (χ2v) is 5.06. The maximum absolute atomic E-state index is 13.9. The highest BCUT2D eigenvalue weighted by Crippen LogP contribution is 2.27. The molecule has 0 atom stereocenters. The molecular formula is C16H14FN3. The molecule has 1 N–H and O–H groups in total. The third-order valence-electron chi connectivity index (χ3n) is 3.55. The van der Waals surface area contributed by atoms with Gasteiger partial charge in [-0.25, -0.2) is 9.37 Å². The van der Waals surface area contributed by atoms with Gasteiger partial charge in [-0.15, -0.1) is 0 Å². The van der Waals surface area contributed by atoms with Crippen LogP contribution in [-0.2, 0) is 12.8 Å². The van der Waals surface area contributed by atoms with Gasteiger partial charge in [0.25, 0.3) is 0 Å². The second kappa shape index (κ2) is 4.93. The average molecular weight is 267 g/mol. The van der Waals surface area contributed by atoms with Crippen LogP contribution in [0.1, 0.15) is 28.8 Å². The largest absolute Gasteiger partial charge is 0.337 e. The zero-order chi connectivity index (χ0) is 14.1. The number of rotatable bonds is 2. The summed E-state index contributed by atoms with van der Waals surface area (Å²) in [6.07, 6.45) is 2.96. The van der Waals surface area contributed by atoms with Crippen molar-refractivity contribution in [3.63, 3.8) is 0 Å². The number of anilines is 2. The Kier molecular flexibility index (Phi) is 3.11. The first-order chi connectivity index (χ1) is 9.67. The molecule has 0 spiro atoms. The van der Waals surface area contributed by atoms with Gasteiger partial charge >= 0.3 is 0 Å². The molecule has 3 nitrogen and oxygen atoms in total. The van der Waals surface area contributed by atoms with E-state index in [1.54, 1.807) is 6.07 Å². The fourth-order valence-electron chi connectivity index (χ4n) is 2.50.